The number of aliphatic imine (C=N–C) groups is 1. The summed E-state index contributed by atoms with van der Waals surface area (Å²) in [6.45, 7) is 1.55. The van der Waals surface area contributed by atoms with Crippen LogP contribution in [0.15, 0.2) is 88.8 Å². The molecule has 0 radical (unpaired) electrons. The van der Waals surface area contributed by atoms with Crippen molar-refractivity contribution in [1.29, 1.82) is 0 Å². The molecule has 0 unspecified atom stereocenters. The Labute approximate surface area is 219 Å². The standard InChI is InChI=1S/C23H17N2O2S.C2H4O2.Na/c26-22-21(28-23(25-22)24-19-12-5-2-6-13-19)15-18-11-7-8-14-20(18)27-16-17-9-3-1-4-10-17;1-2(3)4;/h1,3-15H,16H2,(H,24,25,26);1H3,(H,3,4);/q-1;;+1/b21-15+;;. The Hall–Kier alpha value is -2.84. The number of hydrogen-bond acceptors (Lipinski definition) is 5. The first kappa shape index (κ1) is 26.4. The fourth-order valence-electron chi connectivity index (χ4n) is 2.66. The smallest absolute Gasteiger partial charge is 0.488 e. The van der Waals surface area contributed by atoms with Crippen LogP contribution in [0.2, 0.25) is 0 Å². The molecule has 3 aromatic rings. The minimum absolute atomic E-state index is 0. The number of thioether (sulfide) groups is 1. The Morgan fingerprint density at radius 3 is 2.42 bits per heavy atom. The van der Waals surface area contributed by atoms with E-state index in [1.807, 2.05) is 72.8 Å². The van der Waals surface area contributed by atoms with E-state index in [9.17, 15) is 4.79 Å². The Morgan fingerprint density at radius 1 is 1.09 bits per heavy atom. The summed E-state index contributed by atoms with van der Waals surface area (Å²) in [5, 5.41) is 10.8. The number of nitrogens with one attached hydrogen (secondary N) is 1. The van der Waals surface area contributed by atoms with E-state index in [2.05, 4.69) is 16.4 Å². The number of carbonyl (C=O) groups is 2. The molecule has 0 atom stereocenters. The number of amidine groups is 1. The van der Waals surface area contributed by atoms with E-state index in [0.717, 1.165) is 29.5 Å². The van der Waals surface area contributed by atoms with Crippen molar-refractivity contribution < 1.29 is 49.0 Å². The molecule has 1 amide bonds. The first-order chi connectivity index (χ1) is 15.5. The Bertz CT molecular complexity index is 1130. The third-order valence-corrected chi connectivity index (χ3v) is 4.93. The van der Waals surface area contributed by atoms with Gasteiger partial charge in [0, 0.05) is 12.5 Å². The van der Waals surface area contributed by atoms with Gasteiger partial charge >= 0.3 is 29.6 Å². The van der Waals surface area contributed by atoms with Crippen molar-refractivity contribution in [2.75, 3.05) is 0 Å². The number of ether oxygens (including phenoxy) is 1. The summed E-state index contributed by atoms with van der Waals surface area (Å²) in [5.41, 5.74) is 2.72. The average Bonchev–Trinajstić information content (AvgIpc) is 3.12. The summed E-state index contributed by atoms with van der Waals surface area (Å²) >= 11 is 1.32. The molecule has 1 aliphatic rings. The number of benzene rings is 3. The zero-order valence-electron chi connectivity index (χ0n) is 18.3. The molecule has 3 aromatic carbocycles. The largest absolute Gasteiger partial charge is 1.00 e. The molecule has 1 aliphatic heterocycles. The van der Waals surface area contributed by atoms with E-state index in [1.165, 1.54) is 11.8 Å². The van der Waals surface area contributed by atoms with Gasteiger partial charge in [0.2, 0.25) is 0 Å². The van der Waals surface area contributed by atoms with Crippen molar-refractivity contribution in [3.8, 4) is 5.75 Å². The van der Waals surface area contributed by atoms with Gasteiger partial charge in [-0.15, -0.1) is 12.1 Å². The fraction of sp³-hybridized carbons (Fsp3) is 0.0800. The summed E-state index contributed by atoms with van der Waals surface area (Å²) in [6.07, 6.45) is 1.83. The van der Waals surface area contributed by atoms with Crippen molar-refractivity contribution in [3.05, 3.63) is 101 Å². The third kappa shape index (κ3) is 8.90. The molecule has 2 N–H and O–H groups in total. The van der Waals surface area contributed by atoms with E-state index < -0.39 is 5.97 Å². The maximum absolute atomic E-state index is 12.3. The summed E-state index contributed by atoms with van der Waals surface area (Å²) in [5.74, 6) is -0.264. The summed E-state index contributed by atoms with van der Waals surface area (Å²) < 4.78 is 5.97. The topological polar surface area (TPSA) is 88.0 Å². The fourth-order valence-corrected chi connectivity index (χ4v) is 3.49. The monoisotopic (exact) mass is 468 g/mol. The van der Waals surface area contributed by atoms with Gasteiger partial charge in [-0.2, -0.15) is 18.2 Å². The third-order valence-electron chi connectivity index (χ3n) is 4.02. The van der Waals surface area contributed by atoms with Crippen molar-refractivity contribution >= 4 is 40.6 Å². The number of carboxylic acids is 1. The van der Waals surface area contributed by atoms with Gasteiger partial charge in [-0.1, -0.05) is 48.5 Å². The second-order valence-electron chi connectivity index (χ2n) is 6.57. The number of carbonyl (C=O) groups excluding carboxylic acids is 1. The van der Waals surface area contributed by atoms with Crippen molar-refractivity contribution in [1.82, 2.24) is 5.32 Å². The number of para-hydroxylation sites is 1. The second-order valence-corrected chi connectivity index (χ2v) is 7.60. The van der Waals surface area contributed by atoms with Crippen molar-refractivity contribution in [2.24, 2.45) is 4.99 Å². The zero-order chi connectivity index (χ0) is 22.8. The zero-order valence-corrected chi connectivity index (χ0v) is 21.1. The molecule has 33 heavy (non-hydrogen) atoms. The predicted octanol–water partition coefficient (Wildman–Crippen LogP) is 2.05. The van der Waals surface area contributed by atoms with Crippen LogP contribution >= 0.6 is 11.8 Å². The van der Waals surface area contributed by atoms with Crippen LogP contribution in [0.25, 0.3) is 6.08 Å². The van der Waals surface area contributed by atoms with E-state index in [0.29, 0.717) is 16.7 Å². The Balaban J connectivity index is 0.000000714. The molecule has 0 saturated carbocycles. The van der Waals surface area contributed by atoms with Gasteiger partial charge in [-0.3, -0.25) is 14.6 Å². The van der Waals surface area contributed by atoms with Gasteiger partial charge in [-0.05, 0) is 35.2 Å². The molecular formula is C25H21N2NaO4S. The normalized spacial score (nSPS) is 14.6. The maximum atomic E-state index is 12.3. The minimum Gasteiger partial charge on any atom is -0.488 e. The number of hydrogen-bond donors (Lipinski definition) is 2. The first-order valence-corrected chi connectivity index (χ1v) is 10.5. The van der Waals surface area contributed by atoms with Gasteiger partial charge < -0.3 is 15.2 Å². The van der Waals surface area contributed by atoms with Crippen LogP contribution in [0, 0.1) is 6.07 Å². The van der Waals surface area contributed by atoms with Gasteiger partial charge in [0.25, 0.3) is 11.9 Å². The van der Waals surface area contributed by atoms with Crippen molar-refractivity contribution in [3.63, 3.8) is 0 Å². The van der Waals surface area contributed by atoms with Gasteiger partial charge in [0.15, 0.2) is 5.17 Å². The van der Waals surface area contributed by atoms with E-state index in [-0.39, 0.29) is 35.5 Å². The molecule has 8 heteroatoms. The van der Waals surface area contributed by atoms with Gasteiger partial charge in [0.1, 0.15) is 12.4 Å². The Kier molecular flexibility index (Phi) is 10.9. The minimum atomic E-state index is -0.833. The van der Waals surface area contributed by atoms with Gasteiger partial charge in [-0.25, -0.2) is 0 Å². The van der Waals surface area contributed by atoms with Crippen LogP contribution in [-0.4, -0.2) is 22.2 Å². The molecule has 1 heterocycles. The molecule has 0 spiro atoms. The molecule has 6 nitrogen and oxygen atoms in total. The molecule has 162 valence electrons. The molecule has 4 rings (SSSR count). The summed E-state index contributed by atoms with van der Waals surface area (Å²) in [6, 6.07) is 27.9. The predicted molar refractivity (Wildman–Crippen MR) is 127 cm³/mol. The molecule has 0 aliphatic carbocycles. The first-order valence-electron chi connectivity index (χ1n) is 9.72. The van der Waals surface area contributed by atoms with E-state index >= 15 is 0 Å². The number of nitrogens with zero attached hydrogens (tertiary/aromatic N) is 1. The van der Waals surface area contributed by atoms with Gasteiger partial charge in [0.05, 0.1) is 4.91 Å². The van der Waals surface area contributed by atoms with Crippen LogP contribution in [0.4, 0.5) is 5.69 Å². The number of rotatable bonds is 5. The quantitative estimate of drug-likeness (QED) is 0.340. The SMILES string of the molecule is CC(=O)O.O=C1NC(=Nc2cc[c-]cc2)S/C1=C/c1ccccc1OCc1ccccc1.[Na+]. The van der Waals surface area contributed by atoms with E-state index in [1.54, 1.807) is 12.1 Å². The van der Waals surface area contributed by atoms with E-state index in [4.69, 9.17) is 14.6 Å². The molecule has 0 aromatic heterocycles. The van der Waals surface area contributed by atoms with Crippen LogP contribution in [-0.2, 0) is 16.2 Å². The second kappa shape index (κ2) is 13.6. The molecule has 1 fully saturated rings. The molecule has 0 bridgehead atoms. The maximum Gasteiger partial charge on any atom is 1.00 e. The molecule has 1 saturated heterocycles. The summed E-state index contributed by atoms with van der Waals surface area (Å²) in [4.78, 5) is 26.4. The number of amides is 1. The molecular weight excluding hydrogens is 447 g/mol. The van der Waals surface area contributed by atoms with Crippen LogP contribution in [0.5, 0.6) is 5.75 Å². The summed E-state index contributed by atoms with van der Waals surface area (Å²) in [7, 11) is 0. The van der Waals surface area contributed by atoms with Crippen molar-refractivity contribution in [2.45, 2.75) is 13.5 Å². The Morgan fingerprint density at radius 2 is 1.73 bits per heavy atom. The number of carboxylic acid groups (broad SMARTS) is 1. The average molecular weight is 469 g/mol. The van der Waals surface area contributed by atoms with Crippen LogP contribution in [0.1, 0.15) is 18.1 Å². The van der Waals surface area contributed by atoms with Crippen LogP contribution in [0.3, 0.4) is 0 Å². The van der Waals surface area contributed by atoms with Crippen LogP contribution < -0.4 is 39.6 Å². The number of aliphatic carboxylic acids is 1.